The molecule has 0 aliphatic carbocycles. The highest BCUT2D eigenvalue weighted by Gasteiger charge is 2.12. The third kappa shape index (κ3) is 5.22. The molecular weight excluding hydrogens is 280 g/mol. The molecule has 124 valence electrons. The van der Waals surface area contributed by atoms with Crippen molar-refractivity contribution in [3.05, 3.63) is 23.8 Å². The first-order valence-electron chi connectivity index (χ1n) is 7.77. The van der Waals surface area contributed by atoms with Crippen LogP contribution in [0.25, 0.3) is 0 Å². The summed E-state index contributed by atoms with van der Waals surface area (Å²) in [5, 5.41) is 2.99. The highest BCUT2D eigenvalue weighted by atomic mass is 16.5. The molecule has 0 aliphatic heterocycles. The van der Waals surface area contributed by atoms with Crippen LogP contribution in [0.2, 0.25) is 0 Å². The molecule has 0 saturated carbocycles. The van der Waals surface area contributed by atoms with Gasteiger partial charge in [-0.15, -0.1) is 0 Å². The van der Waals surface area contributed by atoms with Gasteiger partial charge in [0.1, 0.15) is 0 Å². The number of carbonyl (C=O) groups excluding carboxylic acids is 1. The number of hydrogen-bond acceptors (Lipinski definition) is 4. The average Bonchev–Trinajstić information content (AvgIpc) is 2.53. The second-order valence-electron chi connectivity index (χ2n) is 5.24. The first-order chi connectivity index (χ1) is 10.5. The molecule has 5 nitrogen and oxygen atoms in total. The van der Waals surface area contributed by atoms with Crippen LogP contribution in [0.5, 0.6) is 11.5 Å². The lowest BCUT2D eigenvalue weighted by Crippen LogP contribution is -2.42. The molecule has 0 fully saturated rings. The maximum absolute atomic E-state index is 12.1. The zero-order valence-electron chi connectivity index (χ0n) is 14.3. The number of nitrogens with zero attached hydrogens (tertiary/aromatic N) is 1. The fourth-order valence-electron chi connectivity index (χ4n) is 2.48. The van der Waals surface area contributed by atoms with Crippen LogP contribution in [0.3, 0.4) is 0 Å². The van der Waals surface area contributed by atoms with E-state index < -0.39 is 0 Å². The molecular formula is C17H28N2O3. The SMILES string of the molecule is CCN(CC)C(C)CNC(=O)Cc1ccc(OC)c(OC)c1. The number of benzene rings is 1. The second kappa shape index (κ2) is 9.30. The Hall–Kier alpha value is -1.75. The Labute approximate surface area is 133 Å². The molecule has 0 radical (unpaired) electrons. The minimum atomic E-state index is 0.0197. The van der Waals surface area contributed by atoms with Crippen LogP contribution in [0.4, 0.5) is 0 Å². The van der Waals surface area contributed by atoms with Crippen molar-refractivity contribution in [3.8, 4) is 11.5 Å². The van der Waals surface area contributed by atoms with Crippen molar-refractivity contribution in [1.29, 1.82) is 0 Å². The Kier molecular flexibility index (Phi) is 7.74. The predicted octanol–water partition coefficient (Wildman–Crippen LogP) is 2.09. The van der Waals surface area contributed by atoms with Crippen LogP contribution in [-0.2, 0) is 11.2 Å². The molecule has 0 bridgehead atoms. The monoisotopic (exact) mass is 308 g/mol. The van der Waals surface area contributed by atoms with E-state index in [9.17, 15) is 4.79 Å². The third-order valence-corrected chi connectivity index (χ3v) is 3.84. The first-order valence-corrected chi connectivity index (χ1v) is 7.77. The van der Waals surface area contributed by atoms with Crippen molar-refractivity contribution in [2.45, 2.75) is 33.2 Å². The summed E-state index contributed by atoms with van der Waals surface area (Å²) in [6.07, 6.45) is 0.339. The van der Waals surface area contributed by atoms with Gasteiger partial charge in [-0.05, 0) is 37.7 Å². The molecule has 0 aliphatic rings. The molecule has 1 unspecified atom stereocenters. The summed E-state index contributed by atoms with van der Waals surface area (Å²) in [4.78, 5) is 14.4. The van der Waals surface area contributed by atoms with E-state index in [1.165, 1.54) is 0 Å². The Balaban J connectivity index is 2.55. The third-order valence-electron chi connectivity index (χ3n) is 3.84. The summed E-state index contributed by atoms with van der Waals surface area (Å²) < 4.78 is 10.4. The van der Waals surface area contributed by atoms with E-state index in [1.54, 1.807) is 14.2 Å². The number of carbonyl (C=O) groups is 1. The van der Waals surface area contributed by atoms with Crippen LogP contribution in [0.1, 0.15) is 26.3 Å². The van der Waals surface area contributed by atoms with E-state index in [0.717, 1.165) is 18.7 Å². The highest BCUT2D eigenvalue weighted by molar-refractivity contribution is 5.78. The summed E-state index contributed by atoms with van der Waals surface area (Å²) in [5.41, 5.74) is 0.908. The van der Waals surface area contributed by atoms with E-state index in [0.29, 0.717) is 30.5 Å². The van der Waals surface area contributed by atoms with Crippen molar-refractivity contribution in [2.24, 2.45) is 0 Å². The molecule has 1 aromatic rings. The Morgan fingerprint density at radius 1 is 1.18 bits per heavy atom. The van der Waals surface area contributed by atoms with Gasteiger partial charge >= 0.3 is 0 Å². The molecule has 0 heterocycles. The lowest BCUT2D eigenvalue weighted by Gasteiger charge is -2.26. The molecule has 1 atom stereocenters. The Morgan fingerprint density at radius 2 is 1.82 bits per heavy atom. The van der Waals surface area contributed by atoms with E-state index in [4.69, 9.17) is 9.47 Å². The first kappa shape index (κ1) is 18.3. The summed E-state index contributed by atoms with van der Waals surface area (Å²) in [5.74, 6) is 1.33. The predicted molar refractivity (Wildman–Crippen MR) is 88.6 cm³/mol. The number of nitrogens with one attached hydrogen (secondary N) is 1. The highest BCUT2D eigenvalue weighted by Crippen LogP contribution is 2.27. The Bertz CT molecular complexity index is 473. The van der Waals surface area contributed by atoms with Crippen LogP contribution >= 0.6 is 0 Å². The van der Waals surface area contributed by atoms with E-state index in [2.05, 4.69) is 31.0 Å². The largest absolute Gasteiger partial charge is 0.493 e. The smallest absolute Gasteiger partial charge is 0.224 e. The number of hydrogen-bond donors (Lipinski definition) is 1. The zero-order chi connectivity index (χ0) is 16.5. The molecule has 0 saturated heterocycles. The van der Waals surface area contributed by atoms with E-state index in [1.807, 2.05) is 18.2 Å². The molecule has 1 rings (SSSR count). The van der Waals surface area contributed by atoms with Gasteiger partial charge in [0, 0.05) is 12.6 Å². The van der Waals surface area contributed by atoms with Crippen LogP contribution < -0.4 is 14.8 Å². The number of ether oxygens (including phenoxy) is 2. The van der Waals surface area contributed by atoms with Crippen molar-refractivity contribution in [1.82, 2.24) is 10.2 Å². The minimum absolute atomic E-state index is 0.0197. The number of rotatable bonds is 9. The molecule has 5 heteroatoms. The molecule has 1 N–H and O–H groups in total. The standard InChI is InChI=1S/C17H28N2O3/c1-6-19(7-2)13(3)12-18-17(20)11-14-8-9-15(21-4)16(10-14)22-5/h8-10,13H,6-7,11-12H2,1-5H3,(H,18,20). The minimum Gasteiger partial charge on any atom is -0.493 e. The lowest BCUT2D eigenvalue weighted by molar-refractivity contribution is -0.120. The van der Waals surface area contributed by atoms with Gasteiger partial charge in [-0.25, -0.2) is 0 Å². The van der Waals surface area contributed by atoms with Crippen molar-refractivity contribution in [2.75, 3.05) is 33.9 Å². The molecule has 0 spiro atoms. The zero-order valence-corrected chi connectivity index (χ0v) is 14.3. The van der Waals surface area contributed by atoms with Gasteiger partial charge in [-0.3, -0.25) is 9.69 Å². The maximum atomic E-state index is 12.1. The van der Waals surface area contributed by atoms with E-state index >= 15 is 0 Å². The normalized spacial score (nSPS) is 12.1. The van der Waals surface area contributed by atoms with Gasteiger partial charge < -0.3 is 14.8 Å². The fourth-order valence-corrected chi connectivity index (χ4v) is 2.48. The summed E-state index contributed by atoms with van der Waals surface area (Å²) in [7, 11) is 3.19. The maximum Gasteiger partial charge on any atom is 0.224 e. The number of likely N-dealkylation sites (N-methyl/N-ethyl adjacent to an activating group) is 1. The Morgan fingerprint density at radius 3 is 2.36 bits per heavy atom. The molecule has 1 amide bonds. The van der Waals surface area contributed by atoms with Gasteiger partial charge in [0.2, 0.25) is 5.91 Å². The van der Waals surface area contributed by atoms with Gasteiger partial charge in [0.05, 0.1) is 20.6 Å². The van der Waals surface area contributed by atoms with Crippen molar-refractivity contribution in [3.63, 3.8) is 0 Å². The quantitative estimate of drug-likeness (QED) is 0.759. The van der Waals surface area contributed by atoms with Crippen LogP contribution in [-0.4, -0.2) is 50.7 Å². The average molecular weight is 308 g/mol. The number of methoxy groups -OCH3 is 2. The van der Waals surface area contributed by atoms with Crippen molar-refractivity contribution < 1.29 is 14.3 Å². The fraction of sp³-hybridized carbons (Fsp3) is 0.588. The topological polar surface area (TPSA) is 50.8 Å². The van der Waals surface area contributed by atoms with Gasteiger partial charge in [-0.1, -0.05) is 19.9 Å². The molecule has 0 aromatic heterocycles. The summed E-state index contributed by atoms with van der Waals surface area (Å²) in [6, 6.07) is 5.88. The number of amides is 1. The molecule has 22 heavy (non-hydrogen) atoms. The van der Waals surface area contributed by atoms with Gasteiger partial charge in [0.25, 0.3) is 0 Å². The van der Waals surface area contributed by atoms with Gasteiger partial charge in [0.15, 0.2) is 11.5 Å². The summed E-state index contributed by atoms with van der Waals surface area (Å²) in [6.45, 7) is 9.03. The van der Waals surface area contributed by atoms with Gasteiger partial charge in [-0.2, -0.15) is 0 Å². The lowest BCUT2D eigenvalue weighted by atomic mass is 10.1. The van der Waals surface area contributed by atoms with E-state index in [-0.39, 0.29) is 5.91 Å². The van der Waals surface area contributed by atoms with Crippen LogP contribution in [0.15, 0.2) is 18.2 Å². The second-order valence-corrected chi connectivity index (χ2v) is 5.24. The van der Waals surface area contributed by atoms with Crippen LogP contribution in [0, 0.1) is 0 Å². The molecule has 1 aromatic carbocycles. The van der Waals surface area contributed by atoms with Crippen molar-refractivity contribution >= 4 is 5.91 Å². The summed E-state index contributed by atoms with van der Waals surface area (Å²) >= 11 is 0.